The van der Waals surface area contributed by atoms with Gasteiger partial charge in [-0.25, -0.2) is 0 Å². The number of Topliss-reactive ketones (excluding diaryl/α,β-unsaturated/α-hetero) is 1. The quantitative estimate of drug-likeness (QED) is 0.817. The average Bonchev–Trinajstić information content (AvgIpc) is 2.83. The van der Waals surface area contributed by atoms with E-state index in [2.05, 4.69) is 0 Å². The minimum atomic E-state index is -1.01. The summed E-state index contributed by atoms with van der Waals surface area (Å²) in [6.45, 7) is 1.65. The van der Waals surface area contributed by atoms with Crippen molar-refractivity contribution in [1.82, 2.24) is 0 Å². The van der Waals surface area contributed by atoms with Crippen LogP contribution in [0, 0.1) is 5.92 Å². The molecule has 1 aromatic carbocycles. The van der Waals surface area contributed by atoms with E-state index in [-0.39, 0.29) is 19.0 Å². The van der Waals surface area contributed by atoms with Crippen molar-refractivity contribution in [2.45, 2.75) is 13.3 Å². The monoisotopic (exact) mass is 266 g/mol. The smallest absolute Gasteiger partial charge is 0.304 e. The number of ketones is 1. The number of benzene rings is 1. The highest BCUT2D eigenvalue weighted by molar-refractivity contribution is 6.00. The minimum Gasteiger partial charge on any atom is -0.493 e. The van der Waals surface area contributed by atoms with Crippen LogP contribution in [0.25, 0.3) is 0 Å². The second-order valence-corrected chi connectivity index (χ2v) is 4.28. The maximum absolute atomic E-state index is 12.1. The van der Waals surface area contributed by atoms with Crippen LogP contribution in [-0.2, 0) is 4.79 Å². The van der Waals surface area contributed by atoms with Gasteiger partial charge in [-0.1, -0.05) is 6.92 Å². The topological polar surface area (TPSA) is 82.1 Å². The number of methoxy groups -OCH3 is 1. The zero-order valence-corrected chi connectivity index (χ0v) is 10.6. The van der Waals surface area contributed by atoms with Crippen LogP contribution in [0.1, 0.15) is 23.7 Å². The highest BCUT2D eigenvalue weighted by atomic mass is 16.7. The first-order chi connectivity index (χ1) is 9.02. The van der Waals surface area contributed by atoms with Crippen molar-refractivity contribution >= 4 is 11.8 Å². The Morgan fingerprint density at radius 3 is 2.79 bits per heavy atom. The van der Waals surface area contributed by atoms with Crippen LogP contribution in [0.2, 0.25) is 0 Å². The van der Waals surface area contributed by atoms with E-state index in [1.807, 2.05) is 0 Å². The lowest BCUT2D eigenvalue weighted by Crippen LogP contribution is -2.15. The fraction of sp³-hybridized carbons (Fsp3) is 0.385. The van der Waals surface area contributed by atoms with Gasteiger partial charge in [0.25, 0.3) is 0 Å². The van der Waals surface area contributed by atoms with Crippen LogP contribution in [-0.4, -0.2) is 30.8 Å². The van der Waals surface area contributed by atoms with Gasteiger partial charge in [0.2, 0.25) is 12.5 Å². The van der Waals surface area contributed by atoms with Crippen LogP contribution in [0.15, 0.2) is 12.1 Å². The van der Waals surface area contributed by atoms with E-state index in [0.29, 0.717) is 22.8 Å². The molecule has 1 aliphatic rings. The van der Waals surface area contributed by atoms with Crippen LogP contribution in [0.4, 0.5) is 0 Å². The van der Waals surface area contributed by atoms with Gasteiger partial charge < -0.3 is 19.3 Å². The molecule has 0 saturated carbocycles. The number of hydrogen-bond acceptors (Lipinski definition) is 5. The first-order valence-corrected chi connectivity index (χ1v) is 5.76. The Labute approximate surface area is 109 Å². The zero-order valence-electron chi connectivity index (χ0n) is 10.6. The summed E-state index contributed by atoms with van der Waals surface area (Å²) in [6, 6.07) is 3.08. The van der Waals surface area contributed by atoms with Gasteiger partial charge in [0, 0.05) is 11.5 Å². The Hall–Kier alpha value is -2.24. The molecule has 1 unspecified atom stereocenters. The molecular weight excluding hydrogens is 252 g/mol. The zero-order chi connectivity index (χ0) is 14.0. The lowest BCUT2D eigenvalue weighted by molar-refractivity contribution is -0.137. The molecule has 0 bridgehead atoms. The van der Waals surface area contributed by atoms with Gasteiger partial charge in [-0.3, -0.25) is 9.59 Å². The summed E-state index contributed by atoms with van der Waals surface area (Å²) in [5, 5.41) is 8.71. The lowest BCUT2D eigenvalue weighted by Gasteiger charge is -2.10. The van der Waals surface area contributed by atoms with Crippen molar-refractivity contribution < 1.29 is 28.9 Å². The summed E-state index contributed by atoms with van der Waals surface area (Å²) >= 11 is 0. The van der Waals surface area contributed by atoms with Crippen molar-refractivity contribution in [1.29, 1.82) is 0 Å². The van der Waals surface area contributed by atoms with E-state index in [0.717, 1.165) is 0 Å². The van der Waals surface area contributed by atoms with Crippen molar-refractivity contribution in [3.63, 3.8) is 0 Å². The summed E-state index contributed by atoms with van der Waals surface area (Å²) in [7, 11) is 1.46. The summed E-state index contributed by atoms with van der Waals surface area (Å²) in [5.41, 5.74) is 0.356. The van der Waals surface area contributed by atoms with Gasteiger partial charge in [0.15, 0.2) is 17.3 Å². The molecule has 19 heavy (non-hydrogen) atoms. The molecule has 1 aliphatic heterocycles. The van der Waals surface area contributed by atoms with E-state index in [1.165, 1.54) is 13.2 Å². The molecule has 0 amide bonds. The number of aliphatic carboxylic acids is 1. The minimum absolute atomic E-state index is 0.0774. The number of carboxylic acid groups (broad SMARTS) is 1. The first kappa shape index (κ1) is 13.2. The molecule has 0 aromatic heterocycles. The van der Waals surface area contributed by atoms with Crippen LogP contribution in [0.3, 0.4) is 0 Å². The maximum Gasteiger partial charge on any atom is 0.304 e. The predicted octanol–water partition coefficient (Wildman–Crippen LogP) is 1.72. The molecule has 1 N–H and O–H groups in total. The van der Waals surface area contributed by atoms with E-state index < -0.39 is 11.9 Å². The Morgan fingerprint density at radius 2 is 2.16 bits per heavy atom. The Kier molecular flexibility index (Phi) is 3.59. The lowest BCUT2D eigenvalue weighted by atomic mass is 9.96. The fourth-order valence-electron chi connectivity index (χ4n) is 1.91. The fourth-order valence-corrected chi connectivity index (χ4v) is 1.91. The third-order valence-electron chi connectivity index (χ3n) is 2.87. The normalized spacial score (nSPS) is 14.0. The highest BCUT2D eigenvalue weighted by Crippen LogP contribution is 2.42. The molecule has 1 heterocycles. The third kappa shape index (κ3) is 2.62. The Morgan fingerprint density at radius 1 is 1.42 bits per heavy atom. The molecule has 2 rings (SSSR count). The molecule has 102 valence electrons. The largest absolute Gasteiger partial charge is 0.493 e. The number of carbonyl (C=O) groups is 2. The molecule has 0 saturated heterocycles. The van der Waals surface area contributed by atoms with Gasteiger partial charge in [0.05, 0.1) is 13.5 Å². The number of carbonyl (C=O) groups excluding carboxylic acids is 1. The summed E-state index contributed by atoms with van der Waals surface area (Å²) in [5.74, 6) is -0.578. The van der Waals surface area contributed by atoms with Crippen molar-refractivity contribution in [3.8, 4) is 17.2 Å². The Balaban J connectivity index is 2.30. The summed E-state index contributed by atoms with van der Waals surface area (Å²) in [4.78, 5) is 22.8. The molecular formula is C13H14O6. The van der Waals surface area contributed by atoms with Crippen LogP contribution in [0.5, 0.6) is 17.2 Å². The van der Waals surface area contributed by atoms with Crippen molar-refractivity contribution in [2.24, 2.45) is 5.92 Å². The van der Waals surface area contributed by atoms with Crippen molar-refractivity contribution in [2.75, 3.05) is 13.9 Å². The maximum atomic E-state index is 12.1. The molecule has 0 spiro atoms. The highest BCUT2D eigenvalue weighted by Gasteiger charge is 2.25. The summed E-state index contributed by atoms with van der Waals surface area (Å²) < 4.78 is 15.6. The molecule has 0 fully saturated rings. The molecule has 6 heteroatoms. The number of hydrogen-bond donors (Lipinski definition) is 1. The van der Waals surface area contributed by atoms with E-state index in [4.69, 9.17) is 19.3 Å². The molecule has 6 nitrogen and oxygen atoms in total. The van der Waals surface area contributed by atoms with Gasteiger partial charge in [-0.15, -0.1) is 0 Å². The summed E-state index contributed by atoms with van der Waals surface area (Å²) in [6.07, 6.45) is -0.213. The molecule has 0 aliphatic carbocycles. The first-order valence-electron chi connectivity index (χ1n) is 5.76. The SMILES string of the molecule is COc1cc(C(=O)C(C)CC(=O)O)cc2c1OCO2. The van der Waals surface area contributed by atoms with Crippen LogP contribution < -0.4 is 14.2 Å². The number of carboxylic acids is 1. The predicted molar refractivity (Wildman–Crippen MR) is 64.9 cm³/mol. The van der Waals surface area contributed by atoms with Gasteiger partial charge >= 0.3 is 5.97 Å². The number of rotatable bonds is 5. The molecule has 1 atom stereocenters. The molecule has 0 radical (unpaired) electrons. The van der Waals surface area contributed by atoms with Crippen molar-refractivity contribution in [3.05, 3.63) is 17.7 Å². The third-order valence-corrected chi connectivity index (χ3v) is 2.87. The van der Waals surface area contributed by atoms with E-state index in [1.54, 1.807) is 13.0 Å². The standard InChI is InChI=1S/C13H14O6/c1-7(3-11(14)15)12(16)8-4-9(17-2)13-10(5-8)18-6-19-13/h4-5,7H,3,6H2,1-2H3,(H,14,15). The van der Waals surface area contributed by atoms with Gasteiger partial charge in [0.1, 0.15) is 0 Å². The number of fused-ring (bicyclic) bond motifs is 1. The number of ether oxygens (including phenoxy) is 3. The average molecular weight is 266 g/mol. The van der Waals surface area contributed by atoms with E-state index >= 15 is 0 Å². The van der Waals surface area contributed by atoms with Gasteiger partial charge in [-0.05, 0) is 12.1 Å². The van der Waals surface area contributed by atoms with E-state index in [9.17, 15) is 9.59 Å². The van der Waals surface area contributed by atoms with Crippen LogP contribution >= 0.6 is 0 Å². The Bertz CT molecular complexity index is 522. The second-order valence-electron chi connectivity index (χ2n) is 4.28. The molecule has 1 aromatic rings. The van der Waals surface area contributed by atoms with Gasteiger partial charge in [-0.2, -0.15) is 0 Å². The second kappa shape index (κ2) is 5.17.